The lowest BCUT2D eigenvalue weighted by Gasteiger charge is -2.46. The minimum Gasteiger partial charge on any atom is -0.508 e. The standard InChI is InChI=1S/C25H24N2O8/c1-9(2)14-8-17(35-27-14)12-3-4-15(28)19-13(12)6-10-5-11-7-16(29)20(24(26)33)23(32)25(11,34)22(31)18(10)21(19)30/h3-4,8-11,28,30,32,34H,5-7H2,1-2H3,(H2,26,33)/t10-,11+,25+/m1/s1. The number of benzene rings is 1. The van der Waals surface area contributed by atoms with Crippen molar-refractivity contribution in [2.24, 2.45) is 17.6 Å². The van der Waals surface area contributed by atoms with Crippen LogP contribution >= 0.6 is 0 Å². The summed E-state index contributed by atoms with van der Waals surface area (Å²) in [7, 11) is 0. The van der Waals surface area contributed by atoms with Gasteiger partial charge in [-0.3, -0.25) is 14.4 Å². The van der Waals surface area contributed by atoms with E-state index in [0.717, 1.165) is 5.69 Å². The number of phenolic OH excluding ortho intramolecular Hbond substituents is 1. The largest absolute Gasteiger partial charge is 0.508 e. The van der Waals surface area contributed by atoms with Crippen molar-refractivity contribution in [3.63, 3.8) is 0 Å². The SMILES string of the molecule is CC(C)c1cc(-c2ccc(O)c3c2C[C@H]2C[C@H]4CC(=O)C(C(N)=O)=C(O)[C@@]4(O)C(=O)C2=C3O)on1. The van der Waals surface area contributed by atoms with Crippen molar-refractivity contribution in [2.45, 2.75) is 44.6 Å². The molecule has 1 aromatic heterocycles. The summed E-state index contributed by atoms with van der Waals surface area (Å²) in [6.45, 7) is 3.92. The molecule has 1 saturated carbocycles. The lowest BCUT2D eigenvalue weighted by atomic mass is 9.59. The number of phenols is 1. The Morgan fingerprint density at radius 2 is 1.91 bits per heavy atom. The molecule has 10 heteroatoms. The molecule has 35 heavy (non-hydrogen) atoms. The molecule has 5 rings (SSSR count). The molecule has 3 atom stereocenters. The molecule has 3 aliphatic rings. The van der Waals surface area contributed by atoms with E-state index in [0.29, 0.717) is 16.9 Å². The number of aliphatic hydroxyl groups excluding tert-OH is 2. The highest BCUT2D eigenvalue weighted by Gasteiger charge is 2.60. The normalized spacial score (nSPS) is 26.1. The van der Waals surface area contributed by atoms with E-state index in [9.17, 15) is 34.8 Å². The fourth-order valence-corrected chi connectivity index (χ4v) is 5.54. The molecule has 0 saturated heterocycles. The molecular formula is C25H24N2O8. The zero-order valence-corrected chi connectivity index (χ0v) is 19.0. The van der Waals surface area contributed by atoms with Crippen LogP contribution < -0.4 is 5.73 Å². The van der Waals surface area contributed by atoms with Gasteiger partial charge in [-0.05, 0) is 42.4 Å². The zero-order valence-electron chi connectivity index (χ0n) is 19.0. The summed E-state index contributed by atoms with van der Waals surface area (Å²) < 4.78 is 5.51. The van der Waals surface area contributed by atoms with Gasteiger partial charge in [-0.1, -0.05) is 19.0 Å². The number of nitrogens with zero attached hydrogens (tertiary/aromatic N) is 1. The van der Waals surface area contributed by atoms with Crippen molar-refractivity contribution < 1.29 is 39.3 Å². The first-order chi connectivity index (χ1) is 16.5. The van der Waals surface area contributed by atoms with E-state index in [1.54, 1.807) is 12.1 Å². The molecule has 0 spiro atoms. The molecule has 2 aromatic rings. The number of primary amides is 1. The van der Waals surface area contributed by atoms with Gasteiger partial charge < -0.3 is 30.7 Å². The third-order valence-electron chi connectivity index (χ3n) is 7.33. The van der Waals surface area contributed by atoms with Crippen molar-refractivity contribution in [3.8, 4) is 17.1 Å². The summed E-state index contributed by atoms with van der Waals surface area (Å²) in [4.78, 5) is 37.7. The summed E-state index contributed by atoms with van der Waals surface area (Å²) >= 11 is 0. The topological polar surface area (TPSA) is 184 Å². The summed E-state index contributed by atoms with van der Waals surface area (Å²) in [6, 6.07) is 4.76. The average Bonchev–Trinajstić information content (AvgIpc) is 3.26. The number of aliphatic hydroxyl groups is 3. The number of fused-ring (bicyclic) bond motifs is 3. The Morgan fingerprint density at radius 3 is 2.54 bits per heavy atom. The van der Waals surface area contributed by atoms with E-state index in [1.807, 2.05) is 13.8 Å². The second-order valence-corrected chi connectivity index (χ2v) is 9.66. The van der Waals surface area contributed by atoms with Crippen molar-refractivity contribution in [1.29, 1.82) is 0 Å². The minimum absolute atomic E-state index is 0.0112. The van der Waals surface area contributed by atoms with Gasteiger partial charge in [0.1, 0.15) is 22.8 Å². The predicted molar refractivity (Wildman–Crippen MR) is 121 cm³/mol. The van der Waals surface area contributed by atoms with Crippen LogP contribution in [0.2, 0.25) is 0 Å². The van der Waals surface area contributed by atoms with E-state index in [-0.39, 0.29) is 42.1 Å². The summed E-state index contributed by atoms with van der Waals surface area (Å²) in [5.74, 6) is -6.06. The van der Waals surface area contributed by atoms with Crippen molar-refractivity contribution >= 4 is 23.2 Å². The number of hydrogen-bond acceptors (Lipinski definition) is 9. The van der Waals surface area contributed by atoms with E-state index < -0.39 is 52.0 Å². The fraction of sp³-hybridized carbons (Fsp3) is 0.360. The van der Waals surface area contributed by atoms with Gasteiger partial charge in [0.05, 0.1) is 11.3 Å². The highest BCUT2D eigenvalue weighted by molar-refractivity contribution is 6.22. The Morgan fingerprint density at radius 1 is 1.20 bits per heavy atom. The third-order valence-corrected chi connectivity index (χ3v) is 7.33. The van der Waals surface area contributed by atoms with Crippen LogP contribution in [0.5, 0.6) is 5.75 Å². The minimum atomic E-state index is -2.58. The maximum absolute atomic E-state index is 13.5. The Hall–Kier alpha value is -3.92. The van der Waals surface area contributed by atoms with E-state index >= 15 is 0 Å². The van der Waals surface area contributed by atoms with E-state index in [1.165, 1.54) is 6.07 Å². The highest BCUT2D eigenvalue weighted by Crippen LogP contribution is 2.53. The predicted octanol–water partition coefficient (Wildman–Crippen LogP) is 2.20. The molecule has 1 fully saturated rings. The van der Waals surface area contributed by atoms with Gasteiger partial charge in [-0.2, -0.15) is 0 Å². The van der Waals surface area contributed by atoms with Crippen molar-refractivity contribution in [2.75, 3.05) is 0 Å². The van der Waals surface area contributed by atoms with Crippen LogP contribution in [-0.4, -0.2) is 48.7 Å². The van der Waals surface area contributed by atoms with Gasteiger partial charge >= 0.3 is 0 Å². The Balaban J connectivity index is 1.68. The van der Waals surface area contributed by atoms with Crippen LogP contribution in [-0.2, 0) is 20.8 Å². The smallest absolute Gasteiger partial charge is 0.255 e. The number of carbonyl (C=O) groups is 3. The van der Waals surface area contributed by atoms with Crippen LogP contribution in [0.25, 0.3) is 17.1 Å². The van der Waals surface area contributed by atoms with Crippen LogP contribution in [0.1, 0.15) is 49.4 Å². The second-order valence-electron chi connectivity index (χ2n) is 9.66. The van der Waals surface area contributed by atoms with Crippen molar-refractivity contribution in [1.82, 2.24) is 5.16 Å². The number of aromatic nitrogens is 1. The number of nitrogens with two attached hydrogens (primary N) is 1. The first-order valence-electron chi connectivity index (χ1n) is 11.3. The zero-order chi connectivity index (χ0) is 25.4. The molecule has 1 aromatic carbocycles. The lowest BCUT2D eigenvalue weighted by molar-refractivity contribution is -0.147. The monoisotopic (exact) mass is 480 g/mol. The number of aromatic hydroxyl groups is 1. The Bertz CT molecular complexity index is 1380. The number of Topliss-reactive ketones (excluding diaryl/α,β-unsaturated/α-hetero) is 2. The molecule has 0 unspecified atom stereocenters. The molecular weight excluding hydrogens is 456 g/mol. The van der Waals surface area contributed by atoms with E-state index in [4.69, 9.17) is 10.3 Å². The summed E-state index contributed by atoms with van der Waals surface area (Å²) in [5, 5.41) is 47.7. The van der Waals surface area contributed by atoms with Crippen LogP contribution in [0.3, 0.4) is 0 Å². The summed E-state index contributed by atoms with van der Waals surface area (Å²) in [6.07, 6.45) is -0.115. The first-order valence-corrected chi connectivity index (χ1v) is 11.3. The molecule has 10 nitrogen and oxygen atoms in total. The van der Waals surface area contributed by atoms with Gasteiger partial charge in [0.25, 0.3) is 5.91 Å². The van der Waals surface area contributed by atoms with Gasteiger partial charge in [0.15, 0.2) is 17.1 Å². The molecule has 6 N–H and O–H groups in total. The van der Waals surface area contributed by atoms with Gasteiger partial charge in [0, 0.05) is 29.5 Å². The van der Waals surface area contributed by atoms with Gasteiger partial charge in [0.2, 0.25) is 5.78 Å². The molecule has 182 valence electrons. The van der Waals surface area contributed by atoms with Crippen LogP contribution in [0, 0.1) is 11.8 Å². The van der Waals surface area contributed by atoms with Gasteiger partial charge in [-0.15, -0.1) is 0 Å². The fourth-order valence-electron chi connectivity index (χ4n) is 5.54. The second kappa shape index (κ2) is 7.54. The molecule has 0 radical (unpaired) electrons. The molecule has 0 bridgehead atoms. The number of amides is 1. The number of ketones is 2. The van der Waals surface area contributed by atoms with Crippen LogP contribution in [0.15, 0.2) is 39.6 Å². The Kier molecular flexibility index (Phi) is 4.92. The molecule has 1 amide bonds. The van der Waals surface area contributed by atoms with E-state index in [2.05, 4.69) is 5.16 Å². The average molecular weight is 480 g/mol. The maximum atomic E-state index is 13.5. The third kappa shape index (κ3) is 3.06. The van der Waals surface area contributed by atoms with Gasteiger partial charge in [-0.25, -0.2) is 0 Å². The summed E-state index contributed by atoms with van der Waals surface area (Å²) in [5.41, 5.74) is 3.46. The maximum Gasteiger partial charge on any atom is 0.255 e. The molecule has 1 heterocycles. The number of carbonyl (C=O) groups excluding carboxylic acids is 3. The quantitative estimate of drug-likeness (QED) is 0.411. The lowest BCUT2D eigenvalue weighted by Crippen LogP contribution is -2.58. The Labute approximate surface area is 199 Å². The van der Waals surface area contributed by atoms with Crippen molar-refractivity contribution in [3.05, 3.63) is 51.9 Å². The molecule has 3 aliphatic carbocycles. The highest BCUT2D eigenvalue weighted by atomic mass is 16.5. The molecule has 0 aliphatic heterocycles. The first kappa shape index (κ1) is 22.9. The number of hydrogen-bond donors (Lipinski definition) is 5. The van der Waals surface area contributed by atoms with Crippen LogP contribution in [0.4, 0.5) is 0 Å². The number of rotatable bonds is 3.